The molecule has 1 saturated heterocycles. The van der Waals surface area contributed by atoms with E-state index in [1.54, 1.807) is 12.4 Å². The third-order valence-electron chi connectivity index (χ3n) is 4.72. The standard InChI is InChI=1S/C23H25N3O2S2/c1-23(2,3)18-8-6-16(7-9-18)13-19-21(28)26(22(29)30-19)12-10-20(27)25-15-17-5-4-11-24-14-17/h4-9,11,13-14H,10,12,15H2,1-3H3,(H,25,27)/b19-13-. The summed E-state index contributed by atoms with van der Waals surface area (Å²) >= 11 is 6.64. The van der Waals surface area contributed by atoms with Gasteiger partial charge in [0.1, 0.15) is 4.32 Å². The summed E-state index contributed by atoms with van der Waals surface area (Å²) in [5, 5.41) is 2.84. The van der Waals surface area contributed by atoms with Crippen LogP contribution in [0.25, 0.3) is 6.08 Å². The largest absolute Gasteiger partial charge is 0.352 e. The van der Waals surface area contributed by atoms with E-state index in [1.165, 1.54) is 22.2 Å². The second kappa shape index (κ2) is 9.53. The van der Waals surface area contributed by atoms with Crippen molar-refractivity contribution in [2.45, 2.75) is 39.2 Å². The van der Waals surface area contributed by atoms with E-state index < -0.39 is 0 Å². The predicted molar refractivity (Wildman–Crippen MR) is 126 cm³/mol. The lowest BCUT2D eigenvalue weighted by Crippen LogP contribution is -2.33. The molecule has 0 aliphatic carbocycles. The van der Waals surface area contributed by atoms with Crippen LogP contribution in [-0.4, -0.2) is 32.6 Å². The van der Waals surface area contributed by atoms with Crippen LogP contribution in [0.1, 0.15) is 43.9 Å². The molecule has 2 heterocycles. The SMILES string of the molecule is CC(C)(C)c1ccc(/C=C2\SC(=S)N(CCC(=O)NCc3cccnc3)C2=O)cc1. The first-order valence-corrected chi connectivity index (χ1v) is 11.0. The Bertz CT molecular complexity index is 964. The maximum absolute atomic E-state index is 12.7. The van der Waals surface area contributed by atoms with E-state index in [1.807, 2.05) is 30.3 Å². The van der Waals surface area contributed by atoms with Gasteiger partial charge in [0, 0.05) is 31.9 Å². The van der Waals surface area contributed by atoms with Gasteiger partial charge in [-0.1, -0.05) is 75.1 Å². The van der Waals surface area contributed by atoms with Gasteiger partial charge < -0.3 is 5.32 Å². The number of nitrogens with one attached hydrogen (secondary N) is 1. The Kier molecular flexibility index (Phi) is 7.05. The number of aromatic nitrogens is 1. The highest BCUT2D eigenvalue weighted by Gasteiger charge is 2.32. The van der Waals surface area contributed by atoms with Crippen LogP contribution < -0.4 is 5.32 Å². The molecule has 3 rings (SSSR count). The molecule has 156 valence electrons. The lowest BCUT2D eigenvalue weighted by molar-refractivity contribution is -0.123. The lowest BCUT2D eigenvalue weighted by atomic mass is 9.87. The van der Waals surface area contributed by atoms with Crippen molar-refractivity contribution in [3.05, 3.63) is 70.4 Å². The van der Waals surface area contributed by atoms with Crippen molar-refractivity contribution in [2.24, 2.45) is 0 Å². The summed E-state index contributed by atoms with van der Waals surface area (Å²) in [6, 6.07) is 11.9. The molecule has 1 aliphatic rings. The molecule has 5 nitrogen and oxygen atoms in total. The van der Waals surface area contributed by atoms with Gasteiger partial charge in [-0.25, -0.2) is 0 Å². The maximum atomic E-state index is 12.7. The molecule has 0 unspecified atom stereocenters. The first-order chi connectivity index (χ1) is 14.2. The Morgan fingerprint density at radius 2 is 1.97 bits per heavy atom. The summed E-state index contributed by atoms with van der Waals surface area (Å²) in [6.45, 7) is 7.18. The maximum Gasteiger partial charge on any atom is 0.266 e. The molecule has 1 N–H and O–H groups in total. The van der Waals surface area contributed by atoms with E-state index in [0.717, 1.165) is 11.1 Å². The molecular weight excluding hydrogens is 414 g/mol. The number of amides is 2. The Balaban J connectivity index is 1.56. The van der Waals surface area contributed by atoms with Crippen LogP contribution in [0.4, 0.5) is 0 Å². The fourth-order valence-corrected chi connectivity index (χ4v) is 4.24. The molecule has 0 atom stereocenters. The van der Waals surface area contributed by atoms with Crippen molar-refractivity contribution in [3.8, 4) is 0 Å². The van der Waals surface area contributed by atoms with E-state index in [-0.39, 0.29) is 30.2 Å². The topological polar surface area (TPSA) is 62.3 Å². The molecule has 2 amide bonds. The van der Waals surface area contributed by atoms with E-state index in [2.05, 4.69) is 43.2 Å². The molecule has 1 aromatic carbocycles. The second-order valence-electron chi connectivity index (χ2n) is 8.09. The number of benzene rings is 1. The van der Waals surface area contributed by atoms with Crippen LogP contribution in [-0.2, 0) is 21.5 Å². The van der Waals surface area contributed by atoms with Gasteiger partial charge in [-0.3, -0.25) is 19.5 Å². The summed E-state index contributed by atoms with van der Waals surface area (Å²) < 4.78 is 0.484. The molecule has 2 aromatic rings. The quantitative estimate of drug-likeness (QED) is 0.537. The highest BCUT2D eigenvalue weighted by Crippen LogP contribution is 2.33. The molecule has 1 aliphatic heterocycles. The smallest absolute Gasteiger partial charge is 0.266 e. The zero-order valence-electron chi connectivity index (χ0n) is 17.3. The minimum atomic E-state index is -0.148. The summed E-state index contributed by atoms with van der Waals surface area (Å²) in [5.74, 6) is -0.278. The van der Waals surface area contributed by atoms with Gasteiger partial charge in [0.2, 0.25) is 5.91 Å². The predicted octanol–water partition coefficient (Wildman–Crippen LogP) is 4.29. The van der Waals surface area contributed by atoms with Gasteiger partial charge in [0.05, 0.1) is 4.91 Å². The fraction of sp³-hybridized carbons (Fsp3) is 0.304. The Hall–Kier alpha value is -2.51. The monoisotopic (exact) mass is 439 g/mol. The number of thiocarbonyl (C=S) groups is 1. The van der Waals surface area contributed by atoms with E-state index >= 15 is 0 Å². The molecule has 0 radical (unpaired) electrons. The molecule has 0 spiro atoms. The highest BCUT2D eigenvalue weighted by atomic mass is 32.2. The minimum Gasteiger partial charge on any atom is -0.352 e. The van der Waals surface area contributed by atoms with Gasteiger partial charge in [-0.15, -0.1) is 0 Å². The molecule has 7 heteroatoms. The third kappa shape index (κ3) is 5.77. The molecule has 0 bridgehead atoms. The van der Waals surface area contributed by atoms with Crippen molar-refractivity contribution in [1.29, 1.82) is 0 Å². The van der Waals surface area contributed by atoms with E-state index in [4.69, 9.17) is 12.2 Å². The van der Waals surface area contributed by atoms with Gasteiger partial charge in [0.25, 0.3) is 5.91 Å². The Labute approximate surface area is 187 Å². The molecule has 1 aromatic heterocycles. The van der Waals surface area contributed by atoms with Crippen LogP contribution in [0.2, 0.25) is 0 Å². The van der Waals surface area contributed by atoms with Crippen LogP contribution in [0.15, 0.2) is 53.7 Å². The zero-order valence-corrected chi connectivity index (χ0v) is 19.0. The van der Waals surface area contributed by atoms with Crippen molar-refractivity contribution < 1.29 is 9.59 Å². The second-order valence-corrected chi connectivity index (χ2v) is 9.77. The highest BCUT2D eigenvalue weighted by molar-refractivity contribution is 8.26. The summed E-state index contributed by atoms with van der Waals surface area (Å²) in [5.41, 5.74) is 3.21. The van der Waals surface area contributed by atoms with Crippen molar-refractivity contribution in [3.63, 3.8) is 0 Å². The number of carbonyl (C=O) groups excluding carboxylic acids is 2. The fourth-order valence-electron chi connectivity index (χ4n) is 2.93. The average Bonchev–Trinajstić information content (AvgIpc) is 2.98. The summed E-state index contributed by atoms with van der Waals surface area (Å²) in [6.07, 6.45) is 5.45. The van der Waals surface area contributed by atoms with Crippen molar-refractivity contribution >= 4 is 46.2 Å². The molecule has 1 fully saturated rings. The Morgan fingerprint density at radius 1 is 1.23 bits per heavy atom. The number of nitrogens with zero attached hydrogens (tertiary/aromatic N) is 2. The summed E-state index contributed by atoms with van der Waals surface area (Å²) in [4.78, 5) is 31.0. The van der Waals surface area contributed by atoms with Crippen molar-refractivity contribution in [2.75, 3.05) is 6.54 Å². The number of pyridine rings is 1. The number of rotatable bonds is 6. The van der Waals surface area contributed by atoms with Gasteiger partial charge in [-0.2, -0.15) is 0 Å². The number of hydrogen-bond acceptors (Lipinski definition) is 5. The van der Waals surface area contributed by atoms with Crippen LogP contribution >= 0.6 is 24.0 Å². The number of hydrogen-bond donors (Lipinski definition) is 1. The zero-order chi connectivity index (χ0) is 21.7. The lowest BCUT2D eigenvalue weighted by Gasteiger charge is -2.18. The van der Waals surface area contributed by atoms with Gasteiger partial charge in [-0.05, 0) is 34.2 Å². The summed E-state index contributed by atoms with van der Waals surface area (Å²) in [7, 11) is 0. The first-order valence-electron chi connectivity index (χ1n) is 9.75. The van der Waals surface area contributed by atoms with Crippen LogP contribution in [0.3, 0.4) is 0 Å². The number of carbonyl (C=O) groups is 2. The third-order valence-corrected chi connectivity index (χ3v) is 6.10. The van der Waals surface area contributed by atoms with E-state index in [0.29, 0.717) is 15.8 Å². The molecular formula is C23H25N3O2S2. The van der Waals surface area contributed by atoms with Gasteiger partial charge in [0.15, 0.2) is 0 Å². The van der Waals surface area contributed by atoms with Crippen molar-refractivity contribution in [1.82, 2.24) is 15.2 Å². The first kappa shape index (κ1) is 22.2. The average molecular weight is 440 g/mol. The normalized spacial score (nSPS) is 15.7. The van der Waals surface area contributed by atoms with E-state index in [9.17, 15) is 9.59 Å². The van der Waals surface area contributed by atoms with Crippen LogP contribution in [0, 0.1) is 0 Å². The Morgan fingerprint density at radius 3 is 2.60 bits per heavy atom. The number of thioether (sulfide) groups is 1. The molecule has 0 saturated carbocycles. The molecule has 30 heavy (non-hydrogen) atoms. The van der Waals surface area contributed by atoms with Crippen LogP contribution in [0.5, 0.6) is 0 Å². The minimum absolute atomic E-state index is 0.0829. The van der Waals surface area contributed by atoms with Gasteiger partial charge >= 0.3 is 0 Å².